The zero-order valence-electron chi connectivity index (χ0n) is 22.9. The minimum absolute atomic E-state index is 0.0193. The Kier molecular flexibility index (Phi) is 17.7. The van der Waals surface area contributed by atoms with E-state index in [0.717, 1.165) is 49.3 Å². The molecule has 0 heterocycles. The van der Waals surface area contributed by atoms with E-state index in [0.29, 0.717) is 12.3 Å². The number of aliphatic carboxylic acids is 1. The lowest BCUT2D eigenvalue weighted by Crippen LogP contribution is -2.18. The number of ketones is 1. The fraction of sp³-hybridized carbons (Fsp3) is 0.600. The minimum Gasteiger partial charge on any atom is -0.478 e. The van der Waals surface area contributed by atoms with Gasteiger partial charge < -0.3 is 20.4 Å². The number of rotatable bonds is 18. The third-order valence-electron chi connectivity index (χ3n) is 6.28. The van der Waals surface area contributed by atoms with E-state index in [4.69, 9.17) is 5.11 Å². The van der Waals surface area contributed by atoms with E-state index in [1.54, 1.807) is 25.2 Å². The first-order valence-corrected chi connectivity index (χ1v) is 13.0. The molecular formula is C30H48O6. The second-order valence-electron chi connectivity index (χ2n) is 10.2. The maximum absolute atomic E-state index is 11.1. The second kappa shape index (κ2) is 18.9. The summed E-state index contributed by atoms with van der Waals surface area (Å²) in [6.45, 7) is 11.2. The highest BCUT2D eigenvalue weighted by molar-refractivity contribution is 5.88. The van der Waals surface area contributed by atoms with Crippen molar-refractivity contribution in [2.45, 2.75) is 98.4 Å². The quantitative estimate of drug-likeness (QED) is 0.144. The number of aliphatic hydroxyl groups is 3. The third kappa shape index (κ3) is 18.1. The standard InChI is InChI=1S/C30H48O6/c1-21(8-7-9-22(2)11-17-28(33)25(5)14-19-30(35)36)10-15-27(32)16-13-24(4)29(34)18-12-23(3)20-26(6)31/h9,11-12,14,17-21,24-25,27-29,32-34H,7-8,10,13,15-16H2,1-6H3,(H,35,36)/b17-11+,18-12+,19-14+,22-9+,23-20+. The summed E-state index contributed by atoms with van der Waals surface area (Å²) in [5.74, 6) is -0.827. The molecule has 0 saturated carbocycles. The Morgan fingerprint density at radius 3 is 1.92 bits per heavy atom. The molecule has 0 spiro atoms. The Morgan fingerprint density at radius 2 is 1.31 bits per heavy atom. The number of carbonyl (C=O) groups excluding carboxylic acids is 1. The van der Waals surface area contributed by atoms with Crippen molar-refractivity contribution in [2.24, 2.45) is 17.8 Å². The molecule has 0 aromatic heterocycles. The number of allylic oxidation sites excluding steroid dienone is 6. The summed E-state index contributed by atoms with van der Waals surface area (Å²) in [6, 6.07) is 0. The molecule has 0 amide bonds. The molecule has 0 aromatic rings. The highest BCUT2D eigenvalue weighted by atomic mass is 16.4. The van der Waals surface area contributed by atoms with Gasteiger partial charge >= 0.3 is 5.97 Å². The van der Waals surface area contributed by atoms with Crippen LogP contribution in [0.5, 0.6) is 0 Å². The summed E-state index contributed by atoms with van der Waals surface area (Å²) >= 11 is 0. The molecule has 0 rings (SSSR count). The Morgan fingerprint density at radius 1 is 0.722 bits per heavy atom. The average molecular weight is 505 g/mol. The number of aliphatic hydroxyl groups excluding tert-OH is 3. The number of hydrogen-bond donors (Lipinski definition) is 4. The van der Waals surface area contributed by atoms with Gasteiger partial charge in [-0.25, -0.2) is 4.79 Å². The van der Waals surface area contributed by atoms with E-state index in [1.165, 1.54) is 19.1 Å². The Hall–Kier alpha value is -2.28. The van der Waals surface area contributed by atoms with E-state index < -0.39 is 18.2 Å². The van der Waals surface area contributed by atoms with Crippen LogP contribution in [0.25, 0.3) is 0 Å². The van der Waals surface area contributed by atoms with Gasteiger partial charge in [-0.3, -0.25) is 4.79 Å². The monoisotopic (exact) mass is 504 g/mol. The van der Waals surface area contributed by atoms with Crippen molar-refractivity contribution >= 4 is 11.8 Å². The van der Waals surface area contributed by atoms with Gasteiger partial charge in [-0.1, -0.05) is 62.8 Å². The normalized spacial score (nSPS) is 18.5. The van der Waals surface area contributed by atoms with Gasteiger partial charge in [0.15, 0.2) is 5.78 Å². The van der Waals surface area contributed by atoms with Crippen LogP contribution in [0.3, 0.4) is 0 Å². The van der Waals surface area contributed by atoms with E-state index in [1.807, 2.05) is 26.8 Å². The Balaban J connectivity index is 4.30. The molecule has 0 aromatic carbocycles. The second-order valence-corrected chi connectivity index (χ2v) is 10.2. The summed E-state index contributed by atoms with van der Waals surface area (Å²) in [5.41, 5.74) is 1.85. The van der Waals surface area contributed by atoms with E-state index in [9.17, 15) is 24.9 Å². The molecule has 0 aliphatic carbocycles. The molecule has 0 saturated heterocycles. The largest absolute Gasteiger partial charge is 0.478 e. The molecule has 0 aliphatic heterocycles. The predicted octanol–water partition coefficient (Wildman–Crippen LogP) is 5.55. The van der Waals surface area contributed by atoms with Crippen molar-refractivity contribution in [3.63, 3.8) is 0 Å². The van der Waals surface area contributed by atoms with Crippen LogP contribution in [-0.2, 0) is 9.59 Å². The van der Waals surface area contributed by atoms with Crippen molar-refractivity contribution < 1.29 is 30.0 Å². The van der Waals surface area contributed by atoms with Crippen LogP contribution in [0, 0.1) is 17.8 Å². The highest BCUT2D eigenvalue weighted by Gasteiger charge is 2.15. The summed E-state index contributed by atoms with van der Waals surface area (Å²) < 4.78 is 0. The molecule has 0 bridgehead atoms. The lowest BCUT2D eigenvalue weighted by molar-refractivity contribution is -0.131. The van der Waals surface area contributed by atoms with Crippen LogP contribution in [0.1, 0.15) is 80.1 Å². The Bertz CT molecular complexity index is 804. The van der Waals surface area contributed by atoms with Gasteiger partial charge in [0.25, 0.3) is 0 Å². The topological polar surface area (TPSA) is 115 Å². The van der Waals surface area contributed by atoms with Crippen molar-refractivity contribution in [1.82, 2.24) is 0 Å². The molecular weight excluding hydrogens is 456 g/mol. The molecule has 0 fully saturated rings. The van der Waals surface area contributed by atoms with Crippen LogP contribution in [0.2, 0.25) is 0 Å². The minimum atomic E-state index is -1.02. The number of carboxylic acid groups (broad SMARTS) is 1. The maximum atomic E-state index is 11.1. The van der Waals surface area contributed by atoms with Crippen LogP contribution < -0.4 is 0 Å². The molecule has 6 atom stereocenters. The third-order valence-corrected chi connectivity index (χ3v) is 6.28. The zero-order valence-corrected chi connectivity index (χ0v) is 22.9. The lowest BCUT2D eigenvalue weighted by Gasteiger charge is -2.19. The van der Waals surface area contributed by atoms with E-state index >= 15 is 0 Å². The fourth-order valence-electron chi connectivity index (χ4n) is 3.64. The van der Waals surface area contributed by atoms with Gasteiger partial charge in [0, 0.05) is 12.0 Å². The molecule has 36 heavy (non-hydrogen) atoms. The van der Waals surface area contributed by atoms with Crippen molar-refractivity contribution in [1.29, 1.82) is 0 Å². The number of hydrogen-bond acceptors (Lipinski definition) is 5. The zero-order chi connectivity index (χ0) is 27.7. The number of carboxylic acids is 1. The molecule has 6 unspecified atom stereocenters. The molecule has 0 aliphatic rings. The average Bonchev–Trinajstić information content (AvgIpc) is 2.80. The van der Waals surface area contributed by atoms with Gasteiger partial charge in [0.05, 0.1) is 18.3 Å². The first kappa shape index (κ1) is 33.7. The van der Waals surface area contributed by atoms with Gasteiger partial charge in [0.1, 0.15) is 0 Å². The molecule has 6 heteroatoms. The van der Waals surface area contributed by atoms with Crippen LogP contribution in [0.4, 0.5) is 0 Å². The fourth-order valence-corrected chi connectivity index (χ4v) is 3.64. The molecule has 4 N–H and O–H groups in total. The summed E-state index contributed by atoms with van der Waals surface area (Å²) in [7, 11) is 0. The van der Waals surface area contributed by atoms with Gasteiger partial charge in [-0.05, 0) is 82.8 Å². The smallest absolute Gasteiger partial charge is 0.327 e. The lowest BCUT2D eigenvalue weighted by atomic mass is 9.92. The first-order valence-electron chi connectivity index (χ1n) is 13.0. The summed E-state index contributed by atoms with van der Waals surface area (Å²) in [4.78, 5) is 21.6. The highest BCUT2D eigenvalue weighted by Crippen LogP contribution is 2.20. The maximum Gasteiger partial charge on any atom is 0.327 e. The number of carbonyl (C=O) groups is 2. The van der Waals surface area contributed by atoms with Gasteiger partial charge in [-0.2, -0.15) is 0 Å². The van der Waals surface area contributed by atoms with Gasteiger partial charge in [0.2, 0.25) is 0 Å². The Labute approximate surface area is 217 Å². The van der Waals surface area contributed by atoms with Crippen molar-refractivity contribution in [2.75, 3.05) is 0 Å². The van der Waals surface area contributed by atoms with Crippen molar-refractivity contribution in [3.05, 3.63) is 59.8 Å². The molecule has 6 nitrogen and oxygen atoms in total. The predicted molar refractivity (Wildman–Crippen MR) is 146 cm³/mol. The molecule has 0 radical (unpaired) electrons. The first-order chi connectivity index (χ1) is 16.8. The van der Waals surface area contributed by atoms with Crippen LogP contribution in [0.15, 0.2) is 59.8 Å². The summed E-state index contributed by atoms with van der Waals surface area (Å²) in [6.07, 6.45) is 16.4. The molecule has 204 valence electrons. The van der Waals surface area contributed by atoms with Crippen molar-refractivity contribution in [3.8, 4) is 0 Å². The van der Waals surface area contributed by atoms with Gasteiger partial charge in [-0.15, -0.1) is 0 Å². The van der Waals surface area contributed by atoms with E-state index in [2.05, 4.69) is 13.0 Å². The van der Waals surface area contributed by atoms with Crippen LogP contribution >= 0.6 is 0 Å². The van der Waals surface area contributed by atoms with Crippen LogP contribution in [-0.4, -0.2) is 50.5 Å². The SMILES string of the molecule is CC(=O)/C=C(C)/C=C/C(O)C(C)CCC(O)CCC(C)CC/C=C(C)/C=C/C(O)C(C)/C=C/C(=O)O. The van der Waals surface area contributed by atoms with E-state index in [-0.39, 0.29) is 23.7 Å². The summed E-state index contributed by atoms with van der Waals surface area (Å²) in [5, 5.41) is 39.4.